The fourth-order valence-corrected chi connectivity index (χ4v) is 2.63. The van der Waals surface area contributed by atoms with E-state index in [0.717, 1.165) is 18.7 Å². The Labute approximate surface area is 139 Å². The molecule has 1 amide bonds. The second-order valence-corrected chi connectivity index (χ2v) is 6.25. The molecule has 0 aliphatic heterocycles. The maximum absolute atomic E-state index is 12.3. The largest absolute Gasteiger partial charge is 0.307 e. The molecule has 1 aliphatic carbocycles. The van der Waals surface area contributed by atoms with Crippen LogP contribution in [0.1, 0.15) is 30.1 Å². The Morgan fingerprint density at radius 2 is 1.92 bits per heavy atom. The number of nitrogens with zero attached hydrogens (tertiary/aromatic N) is 4. The standard InChI is InChI=1S/C18H17N5O/c1-18(10-11-18)23-12-19-22-16(23)14-8-5-9-15(20-14)21-17(24)13-6-3-2-4-7-13/h2-9,12H,10-11H2,1H3,(H,20,21,24). The first-order valence-electron chi connectivity index (χ1n) is 7.90. The normalized spacial score (nSPS) is 15.0. The molecule has 24 heavy (non-hydrogen) atoms. The van der Waals surface area contributed by atoms with Gasteiger partial charge in [-0.05, 0) is 44.0 Å². The van der Waals surface area contributed by atoms with E-state index in [4.69, 9.17) is 0 Å². The highest BCUT2D eigenvalue weighted by Gasteiger charge is 2.41. The Morgan fingerprint density at radius 3 is 2.67 bits per heavy atom. The molecular weight excluding hydrogens is 302 g/mol. The summed E-state index contributed by atoms with van der Waals surface area (Å²) in [7, 11) is 0. The molecule has 2 heterocycles. The molecular formula is C18H17N5O. The van der Waals surface area contributed by atoms with Gasteiger partial charge in [-0.2, -0.15) is 0 Å². The number of aromatic nitrogens is 4. The Kier molecular flexibility index (Phi) is 3.37. The zero-order chi connectivity index (χ0) is 16.6. The van der Waals surface area contributed by atoms with Crippen molar-refractivity contribution >= 4 is 11.7 Å². The van der Waals surface area contributed by atoms with Gasteiger partial charge in [-0.25, -0.2) is 4.98 Å². The quantitative estimate of drug-likeness (QED) is 0.802. The van der Waals surface area contributed by atoms with Crippen molar-refractivity contribution in [1.29, 1.82) is 0 Å². The molecule has 4 rings (SSSR count). The third-order valence-corrected chi connectivity index (χ3v) is 4.36. The molecule has 0 radical (unpaired) electrons. The van der Waals surface area contributed by atoms with Crippen LogP contribution in [-0.2, 0) is 5.54 Å². The fourth-order valence-electron chi connectivity index (χ4n) is 2.63. The Bertz CT molecular complexity index is 883. The lowest BCUT2D eigenvalue weighted by Gasteiger charge is -2.13. The van der Waals surface area contributed by atoms with Crippen LogP contribution in [0.25, 0.3) is 11.5 Å². The van der Waals surface area contributed by atoms with Gasteiger partial charge in [0.15, 0.2) is 5.82 Å². The van der Waals surface area contributed by atoms with Crippen molar-refractivity contribution in [2.45, 2.75) is 25.3 Å². The van der Waals surface area contributed by atoms with E-state index in [9.17, 15) is 4.79 Å². The van der Waals surface area contributed by atoms with Crippen LogP contribution in [0.5, 0.6) is 0 Å². The molecule has 6 nitrogen and oxygen atoms in total. The van der Waals surface area contributed by atoms with Gasteiger partial charge >= 0.3 is 0 Å². The van der Waals surface area contributed by atoms with Gasteiger partial charge in [0, 0.05) is 11.1 Å². The molecule has 2 aromatic heterocycles. The Hall–Kier alpha value is -3.02. The van der Waals surface area contributed by atoms with E-state index in [-0.39, 0.29) is 11.4 Å². The predicted molar refractivity (Wildman–Crippen MR) is 90.5 cm³/mol. The second kappa shape index (κ2) is 5.56. The summed E-state index contributed by atoms with van der Waals surface area (Å²) in [6, 6.07) is 14.6. The van der Waals surface area contributed by atoms with Crippen molar-refractivity contribution in [1.82, 2.24) is 19.7 Å². The fraction of sp³-hybridized carbons (Fsp3) is 0.222. The minimum atomic E-state index is -0.184. The van der Waals surface area contributed by atoms with E-state index in [1.54, 1.807) is 24.5 Å². The zero-order valence-corrected chi connectivity index (χ0v) is 13.3. The molecule has 6 heteroatoms. The van der Waals surface area contributed by atoms with Crippen LogP contribution in [0.15, 0.2) is 54.9 Å². The molecule has 1 N–H and O–H groups in total. The van der Waals surface area contributed by atoms with Gasteiger partial charge in [0.05, 0.1) is 0 Å². The smallest absolute Gasteiger partial charge is 0.256 e. The second-order valence-electron chi connectivity index (χ2n) is 6.25. The number of carbonyl (C=O) groups is 1. The topological polar surface area (TPSA) is 72.7 Å². The van der Waals surface area contributed by atoms with Gasteiger partial charge in [0.2, 0.25) is 0 Å². The van der Waals surface area contributed by atoms with Crippen LogP contribution in [-0.4, -0.2) is 25.7 Å². The third kappa shape index (κ3) is 2.67. The maximum Gasteiger partial charge on any atom is 0.256 e. The van der Waals surface area contributed by atoms with E-state index in [0.29, 0.717) is 17.1 Å². The van der Waals surface area contributed by atoms with Gasteiger partial charge in [-0.3, -0.25) is 4.79 Å². The van der Waals surface area contributed by atoms with Crippen molar-refractivity contribution in [2.24, 2.45) is 0 Å². The van der Waals surface area contributed by atoms with E-state index >= 15 is 0 Å². The number of pyridine rings is 1. The van der Waals surface area contributed by atoms with Crippen LogP contribution in [0.3, 0.4) is 0 Å². The summed E-state index contributed by atoms with van der Waals surface area (Å²) in [4.78, 5) is 16.8. The lowest BCUT2D eigenvalue weighted by Crippen LogP contribution is -2.15. The molecule has 1 fully saturated rings. The molecule has 3 aromatic rings. The predicted octanol–water partition coefficient (Wildman–Crippen LogP) is 3.10. The Balaban J connectivity index is 1.61. The van der Waals surface area contributed by atoms with Crippen LogP contribution >= 0.6 is 0 Å². The monoisotopic (exact) mass is 319 g/mol. The molecule has 0 unspecified atom stereocenters. The minimum Gasteiger partial charge on any atom is -0.307 e. The number of carbonyl (C=O) groups excluding carboxylic acids is 1. The summed E-state index contributed by atoms with van der Waals surface area (Å²) in [5.74, 6) is 1.04. The van der Waals surface area contributed by atoms with E-state index < -0.39 is 0 Å². The number of hydrogen-bond acceptors (Lipinski definition) is 4. The molecule has 0 bridgehead atoms. The molecule has 120 valence electrons. The summed E-state index contributed by atoms with van der Waals surface area (Å²) in [5.41, 5.74) is 1.38. The van der Waals surface area contributed by atoms with E-state index in [1.807, 2.05) is 30.3 Å². The number of nitrogens with one attached hydrogen (secondary N) is 1. The van der Waals surface area contributed by atoms with Gasteiger partial charge in [0.25, 0.3) is 5.91 Å². The SMILES string of the molecule is CC1(n2cnnc2-c2cccc(NC(=O)c3ccccc3)n2)CC1. The highest BCUT2D eigenvalue weighted by molar-refractivity contribution is 6.03. The molecule has 0 atom stereocenters. The highest BCUT2D eigenvalue weighted by atomic mass is 16.1. The number of benzene rings is 1. The average Bonchev–Trinajstić information content (AvgIpc) is 3.16. The third-order valence-electron chi connectivity index (χ3n) is 4.36. The van der Waals surface area contributed by atoms with Crippen LogP contribution in [0.2, 0.25) is 0 Å². The first-order chi connectivity index (χ1) is 11.7. The zero-order valence-electron chi connectivity index (χ0n) is 13.3. The first kappa shape index (κ1) is 14.6. The van der Waals surface area contributed by atoms with E-state index in [1.165, 1.54) is 0 Å². The van der Waals surface area contributed by atoms with Crippen molar-refractivity contribution in [3.8, 4) is 11.5 Å². The van der Waals surface area contributed by atoms with Crippen molar-refractivity contribution in [3.63, 3.8) is 0 Å². The summed E-state index contributed by atoms with van der Waals surface area (Å²) < 4.78 is 2.07. The number of rotatable bonds is 4. The maximum atomic E-state index is 12.3. The first-order valence-corrected chi connectivity index (χ1v) is 7.90. The molecule has 0 spiro atoms. The van der Waals surface area contributed by atoms with Crippen LogP contribution in [0, 0.1) is 0 Å². The number of amides is 1. The van der Waals surface area contributed by atoms with Crippen LogP contribution in [0.4, 0.5) is 5.82 Å². The lowest BCUT2D eigenvalue weighted by molar-refractivity contribution is 0.102. The van der Waals surface area contributed by atoms with Crippen molar-refractivity contribution < 1.29 is 4.79 Å². The van der Waals surface area contributed by atoms with Crippen LogP contribution < -0.4 is 5.32 Å². The van der Waals surface area contributed by atoms with Gasteiger partial charge in [-0.1, -0.05) is 24.3 Å². The van der Waals surface area contributed by atoms with Gasteiger partial charge in [-0.15, -0.1) is 10.2 Å². The van der Waals surface area contributed by atoms with Crippen molar-refractivity contribution in [3.05, 3.63) is 60.4 Å². The molecule has 1 saturated carbocycles. The summed E-state index contributed by atoms with van der Waals surface area (Å²) >= 11 is 0. The van der Waals surface area contributed by atoms with Crippen molar-refractivity contribution in [2.75, 3.05) is 5.32 Å². The minimum absolute atomic E-state index is 0.0871. The van der Waals surface area contributed by atoms with Gasteiger partial charge in [0.1, 0.15) is 17.8 Å². The molecule has 0 saturated heterocycles. The Morgan fingerprint density at radius 1 is 1.12 bits per heavy atom. The highest BCUT2D eigenvalue weighted by Crippen LogP contribution is 2.44. The summed E-state index contributed by atoms with van der Waals surface area (Å²) in [6.07, 6.45) is 3.98. The molecule has 1 aliphatic rings. The number of anilines is 1. The molecule has 1 aromatic carbocycles. The van der Waals surface area contributed by atoms with Gasteiger partial charge < -0.3 is 9.88 Å². The number of hydrogen-bond donors (Lipinski definition) is 1. The summed E-state index contributed by atoms with van der Waals surface area (Å²) in [6.45, 7) is 2.18. The van der Waals surface area contributed by atoms with E-state index in [2.05, 4.69) is 32.0 Å². The average molecular weight is 319 g/mol. The summed E-state index contributed by atoms with van der Waals surface area (Å²) in [5, 5.41) is 11.1. The lowest BCUT2D eigenvalue weighted by atomic mass is 10.2.